The van der Waals surface area contributed by atoms with Crippen molar-refractivity contribution in [3.05, 3.63) is 89.2 Å². The van der Waals surface area contributed by atoms with Crippen LogP contribution in [0.4, 0.5) is 8.78 Å². The monoisotopic (exact) mass is 707 g/mol. The fourth-order valence-corrected chi connectivity index (χ4v) is 8.61. The summed E-state index contributed by atoms with van der Waals surface area (Å²) in [7, 11) is -5.46. The number of nitrogens with zero attached hydrogens (tertiary/aromatic N) is 9. The van der Waals surface area contributed by atoms with Gasteiger partial charge in [-0.1, -0.05) is 19.9 Å². The molecule has 49 heavy (non-hydrogen) atoms. The minimum absolute atomic E-state index is 0.0325. The van der Waals surface area contributed by atoms with Crippen LogP contribution < -0.4 is 0 Å². The summed E-state index contributed by atoms with van der Waals surface area (Å²) in [6.07, 6.45) is 7.85. The maximum atomic E-state index is 14.8. The molecule has 0 aliphatic heterocycles. The van der Waals surface area contributed by atoms with Gasteiger partial charge in [0.2, 0.25) is 0 Å². The third kappa shape index (κ3) is 5.83. The van der Waals surface area contributed by atoms with Crippen molar-refractivity contribution < 1.29 is 21.4 Å². The van der Waals surface area contributed by atoms with E-state index in [1.807, 2.05) is 12.1 Å². The van der Waals surface area contributed by atoms with E-state index in [-0.39, 0.29) is 29.3 Å². The van der Waals surface area contributed by atoms with Gasteiger partial charge in [0.1, 0.15) is 34.1 Å². The molecule has 3 atom stereocenters. The molecule has 2 bridgehead atoms. The van der Waals surface area contributed by atoms with E-state index in [0.29, 0.717) is 35.5 Å². The summed E-state index contributed by atoms with van der Waals surface area (Å²) in [6.45, 7) is 4.34. The molecule has 7 rings (SSSR count). The van der Waals surface area contributed by atoms with Gasteiger partial charge in [0.05, 0.1) is 22.7 Å². The Morgan fingerprint density at radius 2 is 1.49 bits per heavy atom. The lowest BCUT2D eigenvalue weighted by atomic mass is 9.64. The molecule has 0 radical (unpaired) electrons. The summed E-state index contributed by atoms with van der Waals surface area (Å²) >= 11 is 0. The summed E-state index contributed by atoms with van der Waals surface area (Å²) in [5.41, 5.74) is 1.36. The second-order valence-corrected chi connectivity index (χ2v) is 18.7. The zero-order chi connectivity index (χ0) is 34.9. The van der Waals surface area contributed by atoms with E-state index in [1.54, 1.807) is 23.3 Å². The molecule has 4 aromatic heterocycles. The lowest BCUT2D eigenvalue weighted by Gasteiger charge is -2.38. The number of sulfone groups is 1. The van der Waals surface area contributed by atoms with Gasteiger partial charge in [-0.3, -0.25) is 4.21 Å². The number of pyridine rings is 1. The van der Waals surface area contributed by atoms with Crippen LogP contribution in [0, 0.1) is 17.0 Å². The molecular formula is C33H35F2N9O3S2. The van der Waals surface area contributed by atoms with E-state index < -0.39 is 41.8 Å². The average molecular weight is 708 g/mol. The largest absolute Gasteiger partial charge is 0.268 e. The number of halogens is 2. The van der Waals surface area contributed by atoms with Crippen LogP contribution in [0.25, 0.3) is 22.9 Å². The molecule has 16 heteroatoms. The van der Waals surface area contributed by atoms with Crippen LogP contribution in [0.2, 0.25) is 0 Å². The van der Waals surface area contributed by atoms with Crippen LogP contribution in [0.15, 0.2) is 49.1 Å². The summed E-state index contributed by atoms with van der Waals surface area (Å²) < 4.78 is 68.5. The molecule has 1 fully saturated rings. The van der Waals surface area contributed by atoms with Crippen molar-refractivity contribution in [2.75, 3.05) is 24.0 Å². The number of aryl methyl sites for hydroxylation is 2. The number of rotatable bonds is 10. The first-order valence-electron chi connectivity index (χ1n) is 15.7. The normalized spacial score (nSPS) is 20.7. The van der Waals surface area contributed by atoms with Crippen molar-refractivity contribution >= 4 is 25.2 Å². The molecule has 0 spiro atoms. The predicted octanol–water partition coefficient (Wildman–Crippen LogP) is 3.66. The van der Waals surface area contributed by atoms with E-state index in [9.17, 15) is 21.4 Å². The number of fused-ring (bicyclic) bond motifs is 5. The Morgan fingerprint density at radius 1 is 0.898 bits per heavy atom. The highest BCUT2D eigenvalue weighted by Crippen LogP contribution is 2.69. The van der Waals surface area contributed by atoms with Gasteiger partial charge in [-0.05, 0) is 81.0 Å². The maximum Gasteiger partial charge on any atom is 0.158 e. The van der Waals surface area contributed by atoms with Gasteiger partial charge >= 0.3 is 0 Å². The molecule has 5 aromatic rings. The highest BCUT2D eigenvalue weighted by atomic mass is 32.2. The third-order valence-corrected chi connectivity index (χ3v) is 11.9. The molecule has 1 unspecified atom stereocenters. The van der Waals surface area contributed by atoms with Gasteiger partial charge in [-0.15, -0.1) is 15.3 Å². The zero-order valence-corrected chi connectivity index (χ0v) is 29.1. The Balaban J connectivity index is 1.37. The highest BCUT2D eigenvalue weighted by molar-refractivity contribution is 7.99. The first-order chi connectivity index (χ1) is 23.1. The SMILES string of the molecule is C=S(C)(=O)CCc1ncn(-c2cc([C@@]34CC[C@@H](c5cc(-c6c(F)cccc6F)nnc53)C4(C)C)cc(-n3cnc(CCS(C)(=O)=O)n3)n2)n1. The number of aromatic nitrogens is 9. The van der Waals surface area contributed by atoms with Gasteiger partial charge < -0.3 is 0 Å². The fourth-order valence-electron chi connectivity index (χ4n) is 7.44. The van der Waals surface area contributed by atoms with Crippen LogP contribution in [0.5, 0.6) is 0 Å². The van der Waals surface area contributed by atoms with Crippen LogP contribution >= 0.6 is 0 Å². The molecule has 1 saturated carbocycles. The number of benzene rings is 1. The second kappa shape index (κ2) is 11.6. The topological polar surface area (TPSA) is 151 Å². The molecule has 2 aliphatic carbocycles. The van der Waals surface area contributed by atoms with Crippen LogP contribution in [-0.2, 0) is 37.6 Å². The Labute approximate surface area is 283 Å². The van der Waals surface area contributed by atoms with Crippen molar-refractivity contribution in [2.24, 2.45) is 5.41 Å². The Kier molecular flexibility index (Phi) is 7.81. The molecule has 0 saturated heterocycles. The summed E-state index contributed by atoms with van der Waals surface area (Å²) in [5.74, 6) is 4.26. The van der Waals surface area contributed by atoms with Gasteiger partial charge in [-0.25, -0.2) is 41.5 Å². The van der Waals surface area contributed by atoms with Gasteiger partial charge in [0.25, 0.3) is 0 Å². The van der Waals surface area contributed by atoms with E-state index in [0.717, 1.165) is 35.9 Å². The van der Waals surface area contributed by atoms with Crippen molar-refractivity contribution in [3.8, 4) is 22.9 Å². The lowest BCUT2D eigenvalue weighted by molar-refractivity contribution is 0.248. The smallest absolute Gasteiger partial charge is 0.158 e. The first kappa shape index (κ1) is 33.1. The standard InChI is InChI=1S/C33H35F2N9O3S2/c1-32(2)22-9-12-33(32,31-21(22)17-25(39-40-31)30-23(34)7-6-8-24(30)35)20-15-28(43-18-36-26(41-43)10-13-48(3,4)45)38-29(16-20)44-19-37-27(42-44)11-14-49(5,46)47/h6-8,15-19,22H,3,9-14H2,1-2,4-5H3/t22-,33-,48?/m0/s1. The number of hydrogen-bond acceptors (Lipinski definition) is 10. The maximum absolute atomic E-state index is 14.8. The van der Waals surface area contributed by atoms with E-state index in [4.69, 9.17) is 4.98 Å². The van der Waals surface area contributed by atoms with Crippen molar-refractivity contribution in [3.63, 3.8) is 0 Å². The first-order valence-corrected chi connectivity index (χ1v) is 20.1. The van der Waals surface area contributed by atoms with Crippen molar-refractivity contribution in [2.45, 2.75) is 50.9 Å². The Hall–Kier alpha value is -4.44. The zero-order valence-electron chi connectivity index (χ0n) is 27.5. The molecule has 4 heterocycles. The summed E-state index contributed by atoms with van der Waals surface area (Å²) in [4.78, 5) is 13.6. The van der Waals surface area contributed by atoms with E-state index in [1.165, 1.54) is 29.2 Å². The molecule has 0 amide bonds. The lowest BCUT2D eigenvalue weighted by Crippen LogP contribution is -2.37. The molecule has 12 nitrogen and oxygen atoms in total. The highest BCUT2D eigenvalue weighted by Gasteiger charge is 2.64. The molecule has 0 N–H and O–H groups in total. The summed E-state index contributed by atoms with van der Waals surface area (Å²) in [5, 5.41) is 18.2. The summed E-state index contributed by atoms with van der Waals surface area (Å²) in [6, 6.07) is 9.34. The second-order valence-electron chi connectivity index (χ2n) is 13.6. The molecule has 2 aliphatic rings. The molecular weight excluding hydrogens is 673 g/mol. The third-order valence-electron chi connectivity index (χ3n) is 9.89. The van der Waals surface area contributed by atoms with Crippen molar-refractivity contribution in [1.82, 2.24) is 44.7 Å². The van der Waals surface area contributed by atoms with Gasteiger partial charge in [0.15, 0.2) is 23.3 Å². The minimum atomic E-state index is -3.22. The van der Waals surface area contributed by atoms with Gasteiger partial charge in [-0.2, -0.15) is 5.10 Å². The van der Waals surface area contributed by atoms with E-state index in [2.05, 4.69) is 50.1 Å². The Morgan fingerprint density at radius 3 is 2.06 bits per heavy atom. The van der Waals surface area contributed by atoms with Gasteiger partial charge in [0, 0.05) is 36.5 Å². The van der Waals surface area contributed by atoms with E-state index >= 15 is 0 Å². The Bertz CT molecular complexity index is 2230. The fraction of sp³-hybridized carbons (Fsp3) is 0.394. The van der Waals surface area contributed by atoms with Crippen LogP contribution in [-0.4, -0.2) is 87.2 Å². The van der Waals surface area contributed by atoms with Crippen LogP contribution in [0.3, 0.4) is 0 Å². The minimum Gasteiger partial charge on any atom is -0.268 e. The molecule has 1 aromatic carbocycles. The number of hydrogen-bond donors (Lipinski definition) is 0. The average Bonchev–Trinajstić information content (AvgIpc) is 3.80. The molecule has 256 valence electrons. The predicted molar refractivity (Wildman–Crippen MR) is 181 cm³/mol. The quantitative estimate of drug-likeness (QED) is 0.197. The van der Waals surface area contributed by atoms with Crippen LogP contribution in [0.1, 0.15) is 61.1 Å². The van der Waals surface area contributed by atoms with Crippen molar-refractivity contribution in [1.29, 1.82) is 0 Å².